The van der Waals surface area contributed by atoms with Gasteiger partial charge in [-0.05, 0) is 13.3 Å². The van der Waals surface area contributed by atoms with Crippen LogP contribution in [0.15, 0.2) is 18.7 Å². The molecule has 1 aliphatic heterocycles. The monoisotopic (exact) mass is 298 g/mol. The van der Waals surface area contributed by atoms with Gasteiger partial charge in [0.1, 0.15) is 6.04 Å². The number of nitrogens with one attached hydrogen (secondary N) is 1. The summed E-state index contributed by atoms with van der Waals surface area (Å²) < 4.78 is 1.93. The van der Waals surface area contributed by atoms with Gasteiger partial charge in [-0.25, -0.2) is 14.6 Å². The van der Waals surface area contributed by atoms with Crippen LogP contribution < -0.4 is 5.32 Å². The molecule has 1 aromatic rings. The summed E-state index contributed by atoms with van der Waals surface area (Å²) >= 11 is 1.48. The van der Waals surface area contributed by atoms with Gasteiger partial charge in [0.2, 0.25) is 0 Å². The van der Waals surface area contributed by atoms with Gasteiger partial charge in [-0.2, -0.15) is 0 Å². The van der Waals surface area contributed by atoms with Crippen LogP contribution in [0.3, 0.4) is 0 Å². The van der Waals surface area contributed by atoms with Gasteiger partial charge >= 0.3 is 12.0 Å². The lowest BCUT2D eigenvalue weighted by Gasteiger charge is -2.25. The van der Waals surface area contributed by atoms with Gasteiger partial charge in [-0.1, -0.05) is 0 Å². The maximum absolute atomic E-state index is 12.1. The minimum atomic E-state index is -0.949. The molecule has 8 heteroatoms. The number of rotatable bonds is 5. The van der Waals surface area contributed by atoms with E-state index in [9.17, 15) is 9.59 Å². The zero-order chi connectivity index (χ0) is 14.5. The molecule has 1 saturated heterocycles. The first-order chi connectivity index (χ1) is 9.59. The zero-order valence-corrected chi connectivity index (χ0v) is 12.0. The van der Waals surface area contributed by atoms with E-state index >= 15 is 0 Å². The second-order valence-electron chi connectivity index (χ2n) is 4.58. The SMILES string of the molecule is CC1SCC(C(=O)O)N1C(=O)NCCCn1ccnc1. The molecule has 0 radical (unpaired) electrons. The Bertz CT molecular complexity index is 465. The standard InChI is InChI=1S/C12H18N4O3S/c1-9-16(10(7-20-9)11(17)18)12(19)14-3-2-5-15-6-4-13-8-15/h4,6,8-10H,2-3,5,7H2,1H3,(H,14,19)(H,17,18). The van der Waals surface area contributed by atoms with Crippen molar-refractivity contribution in [2.24, 2.45) is 0 Å². The van der Waals surface area contributed by atoms with Crippen molar-refractivity contribution < 1.29 is 14.7 Å². The smallest absolute Gasteiger partial charge is 0.327 e. The van der Waals surface area contributed by atoms with E-state index in [-0.39, 0.29) is 11.4 Å². The molecule has 110 valence electrons. The first kappa shape index (κ1) is 14.7. The molecule has 20 heavy (non-hydrogen) atoms. The van der Waals surface area contributed by atoms with Crippen LogP contribution in [0.4, 0.5) is 4.79 Å². The highest BCUT2D eigenvalue weighted by Gasteiger charge is 2.39. The number of urea groups is 1. The van der Waals surface area contributed by atoms with E-state index in [2.05, 4.69) is 10.3 Å². The highest BCUT2D eigenvalue weighted by molar-refractivity contribution is 8.00. The number of imidazole rings is 1. The second kappa shape index (κ2) is 6.65. The van der Waals surface area contributed by atoms with Gasteiger partial charge in [0.15, 0.2) is 0 Å². The summed E-state index contributed by atoms with van der Waals surface area (Å²) in [5.74, 6) is -0.505. The van der Waals surface area contributed by atoms with Gasteiger partial charge in [0, 0.05) is 31.2 Å². The Morgan fingerprint density at radius 1 is 1.55 bits per heavy atom. The van der Waals surface area contributed by atoms with Crippen molar-refractivity contribution in [3.8, 4) is 0 Å². The highest BCUT2D eigenvalue weighted by atomic mass is 32.2. The average Bonchev–Trinajstić information content (AvgIpc) is 3.03. The van der Waals surface area contributed by atoms with E-state index < -0.39 is 12.0 Å². The average molecular weight is 298 g/mol. The summed E-state index contributed by atoms with van der Waals surface area (Å²) in [4.78, 5) is 28.5. The lowest BCUT2D eigenvalue weighted by Crippen LogP contribution is -2.49. The van der Waals surface area contributed by atoms with E-state index in [0.29, 0.717) is 12.3 Å². The Morgan fingerprint density at radius 3 is 3.00 bits per heavy atom. The van der Waals surface area contributed by atoms with Crippen LogP contribution in [-0.4, -0.2) is 55.3 Å². The Morgan fingerprint density at radius 2 is 2.35 bits per heavy atom. The van der Waals surface area contributed by atoms with Crippen LogP contribution in [0.2, 0.25) is 0 Å². The van der Waals surface area contributed by atoms with Crippen LogP contribution in [0.1, 0.15) is 13.3 Å². The van der Waals surface area contributed by atoms with E-state index in [0.717, 1.165) is 13.0 Å². The minimum absolute atomic E-state index is 0.107. The summed E-state index contributed by atoms with van der Waals surface area (Å²) in [5, 5.41) is 11.8. The largest absolute Gasteiger partial charge is 0.480 e. The number of amides is 2. The van der Waals surface area contributed by atoms with E-state index in [1.54, 1.807) is 12.5 Å². The molecule has 2 heterocycles. The number of hydrogen-bond acceptors (Lipinski definition) is 4. The normalized spacial score (nSPS) is 21.9. The topological polar surface area (TPSA) is 87.5 Å². The van der Waals surface area contributed by atoms with Crippen molar-refractivity contribution in [1.82, 2.24) is 19.8 Å². The molecular weight excluding hydrogens is 280 g/mol. The first-order valence-corrected chi connectivity index (χ1v) is 7.51. The number of carboxylic acids is 1. The Kier molecular flexibility index (Phi) is 4.89. The molecule has 2 unspecified atom stereocenters. The van der Waals surface area contributed by atoms with Crippen molar-refractivity contribution in [1.29, 1.82) is 0 Å². The lowest BCUT2D eigenvalue weighted by molar-refractivity contribution is -0.141. The van der Waals surface area contributed by atoms with E-state index in [4.69, 9.17) is 5.11 Å². The van der Waals surface area contributed by atoms with Crippen molar-refractivity contribution >= 4 is 23.8 Å². The fourth-order valence-electron chi connectivity index (χ4n) is 2.11. The summed E-state index contributed by atoms with van der Waals surface area (Å²) in [7, 11) is 0. The predicted molar refractivity (Wildman–Crippen MR) is 75.4 cm³/mol. The maximum Gasteiger partial charge on any atom is 0.327 e. The van der Waals surface area contributed by atoms with Gasteiger partial charge < -0.3 is 15.0 Å². The van der Waals surface area contributed by atoms with Crippen molar-refractivity contribution in [2.75, 3.05) is 12.3 Å². The Hall–Kier alpha value is -1.70. The lowest BCUT2D eigenvalue weighted by atomic mass is 10.3. The second-order valence-corrected chi connectivity index (χ2v) is 5.93. The molecule has 0 aliphatic carbocycles. The molecule has 0 aromatic carbocycles. The van der Waals surface area contributed by atoms with E-state index in [1.165, 1.54) is 16.7 Å². The number of aryl methyl sites for hydroxylation is 1. The molecule has 2 N–H and O–H groups in total. The first-order valence-electron chi connectivity index (χ1n) is 6.46. The predicted octanol–water partition coefficient (Wildman–Crippen LogP) is 0.831. The van der Waals surface area contributed by atoms with Crippen LogP contribution in [0.25, 0.3) is 0 Å². The van der Waals surface area contributed by atoms with Crippen LogP contribution in [0, 0.1) is 0 Å². The number of carbonyl (C=O) groups is 2. The summed E-state index contributed by atoms with van der Waals surface area (Å²) in [6.45, 7) is 3.13. The number of thioether (sulfide) groups is 1. The number of aliphatic carboxylic acids is 1. The number of carboxylic acid groups (broad SMARTS) is 1. The molecular formula is C12H18N4O3S. The summed E-state index contributed by atoms with van der Waals surface area (Å²) in [5.41, 5.74) is 0. The van der Waals surface area contributed by atoms with Gasteiger partial charge in [0.05, 0.1) is 11.7 Å². The number of hydrogen-bond donors (Lipinski definition) is 2. The molecule has 1 aliphatic rings. The third-order valence-electron chi connectivity index (χ3n) is 3.17. The fourth-order valence-corrected chi connectivity index (χ4v) is 3.28. The molecule has 7 nitrogen and oxygen atoms in total. The van der Waals surface area contributed by atoms with Crippen molar-refractivity contribution in [3.63, 3.8) is 0 Å². The third kappa shape index (κ3) is 3.44. The van der Waals surface area contributed by atoms with Crippen LogP contribution in [-0.2, 0) is 11.3 Å². The van der Waals surface area contributed by atoms with Crippen molar-refractivity contribution in [2.45, 2.75) is 31.3 Å². The van der Waals surface area contributed by atoms with Crippen molar-refractivity contribution in [3.05, 3.63) is 18.7 Å². The highest BCUT2D eigenvalue weighted by Crippen LogP contribution is 2.28. The molecule has 0 saturated carbocycles. The molecule has 2 rings (SSSR count). The molecule has 2 atom stereocenters. The Balaban J connectivity index is 1.77. The van der Waals surface area contributed by atoms with Gasteiger partial charge in [0.25, 0.3) is 0 Å². The fraction of sp³-hybridized carbons (Fsp3) is 0.583. The third-order valence-corrected chi connectivity index (χ3v) is 4.39. The number of carbonyl (C=O) groups excluding carboxylic acids is 1. The summed E-state index contributed by atoms with van der Waals surface area (Å²) in [6, 6.07) is -1.04. The van der Waals surface area contributed by atoms with E-state index in [1.807, 2.05) is 17.7 Å². The zero-order valence-electron chi connectivity index (χ0n) is 11.2. The summed E-state index contributed by atoms with van der Waals surface area (Å²) in [6.07, 6.45) is 6.07. The minimum Gasteiger partial charge on any atom is -0.480 e. The van der Waals surface area contributed by atoms with Gasteiger partial charge in [-0.3, -0.25) is 4.90 Å². The Labute approximate surface area is 121 Å². The number of aromatic nitrogens is 2. The quantitative estimate of drug-likeness (QED) is 0.786. The van der Waals surface area contributed by atoms with Crippen LogP contribution >= 0.6 is 11.8 Å². The van der Waals surface area contributed by atoms with Crippen LogP contribution in [0.5, 0.6) is 0 Å². The maximum atomic E-state index is 12.1. The molecule has 0 bridgehead atoms. The van der Waals surface area contributed by atoms with Gasteiger partial charge in [-0.15, -0.1) is 11.8 Å². The molecule has 2 amide bonds. The molecule has 1 fully saturated rings. The number of nitrogens with zero attached hydrogens (tertiary/aromatic N) is 3. The molecule has 1 aromatic heterocycles. The molecule has 0 spiro atoms.